The van der Waals surface area contributed by atoms with Crippen LogP contribution in [0.2, 0.25) is 0 Å². The second-order valence-electron chi connectivity index (χ2n) is 4.29. The molecule has 1 aromatic carbocycles. The third-order valence-corrected chi connectivity index (χ3v) is 3.72. The van der Waals surface area contributed by atoms with Crippen molar-refractivity contribution >= 4 is 39.7 Å². The fourth-order valence-corrected chi connectivity index (χ4v) is 2.42. The number of thiazole rings is 1. The minimum atomic E-state index is 0.612. The molecular weight excluding hydrogens is 258 g/mol. The van der Waals surface area contributed by atoms with Crippen molar-refractivity contribution in [3.05, 3.63) is 41.2 Å². The number of aromatic nitrogens is 2. The maximum atomic E-state index is 5.62. The Bertz CT molecular complexity index is 694. The summed E-state index contributed by atoms with van der Waals surface area (Å²) in [5.41, 5.74) is 1.68. The van der Waals surface area contributed by atoms with E-state index in [0.717, 1.165) is 21.1 Å². The van der Waals surface area contributed by atoms with Gasteiger partial charge >= 0.3 is 0 Å². The number of rotatable bonds is 3. The summed E-state index contributed by atoms with van der Waals surface area (Å²) >= 11 is 1.63. The molecule has 0 saturated carbocycles. The van der Waals surface area contributed by atoms with Crippen LogP contribution in [-0.4, -0.2) is 24.1 Å². The number of nitrogens with zero attached hydrogens (tertiary/aromatic N) is 3. The van der Waals surface area contributed by atoms with Crippen molar-refractivity contribution in [1.82, 2.24) is 9.97 Å². The number of fused-ring (bicyclic) bond motifs is 1. The predicted molar refractivity (Wildman–Crippen MR) is 79.4 cm³/mol. The molecule has 0 saturated heterocycles. The Morgan fingerprint density at radius 3 is 2.79 bits per heavy atom. The van der Waals surface area contributed by atoms with Gasteiger partial charge in [0.1, 0.15) is 5.52 Å². The molecule has 2 aromatic heterocycles. The molecule has 3 aromatic rings. The van der Waals surface area contributed by atoms with Gasteiger partial charge in [0.05, 0.1) is 0 Å². The van der Waals surface area contributed by atoms with Gasteiger partial charge in [-0.3, -0.25) is 0 Å². The van der Waals surface area contributed by atoms with Crippen LogP contribution in [0.25, 0.3) is 23.3 Å². The van der Waals surface area contributed by atoms with E-state index in [1.807, 2.05) is 61.6 Å². The molecule has 0 spiro atoms. The second kappa shape index (κ2) is 4.85. The Morgan fingerprint density at radius 1 is 1.21 bits per heavy atom. The Hall–Kier alpha value is -2.14. The van der Waals surface area contributed by atoms with Crippen LogP contribution >= 0.6 is 11.3 Å². The Kier molecular flexibility index (Phi) is 3.05. The summed E-state index contributed by atoms with van der Waals surface area (Å²) in [5.74, 6) is 0.612. The number of para-hydroxylation sites is 2. The molecular formula is C14H13N3OS. The number of oxazole rings is 1. The second-order valence-corrected chi connectivity index (χ2v) is 5.33. The molecule has 19 heavy (non-hydrogen) atoms. The highest BCUT2D eigenvalue weighted by Gasteiger charge is 2.03. The lowest BCUT2D eigenvalue weighted by molar-refractivity contribution is 0.590. The van der Waals surface area contributed by atoms with Crippen molar-refractivity contribution in [2.75, 3.05) is 19.0 Å². The van der Waals surface area contributed by atoms with E-state index in [2.05, 4.69) is 9.97 Å². The van der Waals surface area contributed by atoms with Gasteiger partial charge in [-0.05, 0) is 18.2 Å². The SMILES string of the molecule is CN(C)c1ncc(/C=C/c2nc3ccccc3o2)s1. The number of benzene rings is 1. The minimum absolute atomic E-state index is 0.612. The van der Waals surface area contributed by atoms with Crippen LogP contribution in [0.1, 0.15) is 10.8 Å². The summed E-state index contributed by atoms with van der Waals surface area (Å²) in [6.45, 7) is 0. The van der Waals surface area contributed by atoms with Crippen LogP contribution in [0.4, 0.5) is 5.13 Å². The van der Waals surface area contributed by atoms with E-state index >= 15 is 0 Å². The largest absolute Gasteiger partial charge is 0.437 e. The number of hydrogen-bond donors (Lipinski definition) is 0. The van der Waals surface area contributed by atoms with E-state index in [-0.39, 0.29) is 0 Å². The van der Waals surface area contributed by atoms with Crippen molar-refractivity contribution < 1.29 is 4.42 Å². The quantitative estimate of drug-likeness (QED) is 0.731. The van der Waals surface area contributed by atoms with Gasteiger partial charge in [0, 0.05) is 31.2 Å². The van der Waals surface area contributed by atoms with Gasteiger partial charge in [-0.2, -0.15) is 0 Å². The zero-order valence-electron chi connectivity index (χ0n) is 10.7. The zero-order chi connectivity index (χ0) is 13.2. The van der Waals surface area contributed by atoms with E-state index in [1.165, 1.54) is 0 Å². The fourth-order valence-electron chi connectivity index (χ4n) is 1.68. The first kappa shape index (κ1) is 11.9. The minimum Gasteiger partial charge on any atom is -0.437 e. The molecule has 0 unspecified atom stereocenters. The highest BCUT2D eigenvalue weighted by atomic mass is 32.1. The summed E-state index contributed by atoms with van der Waals surface area (Å²) in [6, 6.07) is 7.74. The van der Waals surface area contributed by atoms with Gasteiger partial charge in [-0.1, -0.05) is 23.5 Å². The molecule has 0 aliphatic heterocycles. The lowest BCUT2D eigenvalue weighted by atomic mass is 10.3. The average molecular weight is 271 g/mol. The Labute approximate surface area is 115 Å². The Balaban J connectivity index is 1.84. The summed E-state index contributed by atoms with van der Waals surface area (Å²) in [7, 11) is 3.96. The molecule has 0 amide bonds. The summed E-state index contributed by atoms with van der Waals surface area (Å²) in [5, 5.41) is 0.984. The lowest BCUT2D eigenvalue weighted by Crippen LogP contribution is -2.07. The highest BCUT2D eigenvalue weighted by Crippen LogP contribution is 2.23. The van der Waals surface area contributed by atoms with Crippen LogP contribution in [-0.2, 0) is 0 Å². The number of anilines is 1. The van der Waals surface area contributed by atoms with Crippen molar-refractivity contribution in [2.45, 2.75) is 0 Å². The van der Waals surface area contributed by atoms with Gasteiger partial charge < -0.3 is 9.32 Å². The molecule has 5 heteroatoms. The third kappa shape index (κ3) is 2.51. The zero-order valence-corrected chi connectivity index (χ0v) is 11.5. The molecule has 0 radical (unpaired) electrons. The summed E-state index contributed by atoms with van der Waals surface area (Å²) in [6.07, 6.45) is 5.68. The number of hydrogen-bond acceptors (Lipinski definition) is 5. The predicted octanol–water partition coefficient (Wildman–Crippen LogP) is 3.52. The maximum absolute atomic E-state index is 5.62. The van der Waals surface area contributed by atoms with Crippen molar-refractivity contribution in [3.8, 4) is 0 Å². The molecule has 0 atom stereocenters. The Morgan fingerprint density at radius 2 is 2.05 bits per heavy atom. The molecule has 96 valence electrons. The van der Waals surface area contributed by atoms with Crippen LogP contribution in [0.15, 0.2) is 34.9 Å². The van der Waals surface area contributed by atoms with Gasteiger partial charge in [-0.15, -0.1) is 0 Å². The summed E-state index contributed by atoms with van der Waals surface area (Å²) < 4.78 is 5.62. The molecule has 0 bridgehead atoms. The first-order chi connectivity index (χ1) is 9.22. The average Bonchev–Trinajstić information content (AvgIpc) is 3.02. The van der Waals surface area contributed by atoms with Crippen LogP contribution < -0.4 is 4.90 Å². The first-order valence-corrected chi connectivity index (χ1v) is 6.71. The van der Waals surface area contributed by atoms with E-state index in [1.54, 1.807) is 11.3 Å². The highest BCUT2D eigenvalue weighted by molar-refractivity contribution is 7.16. The molecule has 0 N–H and O–H groups in total. The molecule has 2 heterocycles. The van der Waals surface area contributed by atoms with Crippen molar-refractivity contribution in [1.29, 1.82) is 0 Å². The van der Waals surface area contributed by atoms with E-state index in [9.17, 15) is 0 Å². The van der Waals surface area contributed by atoms with Gasteiger partial charge in [-0.25, -0.2) is 9.97 Å². The lowest BCUT2D eigenvalue weighted by Gasteiger charge is -2.04. The first-order valence-electron chi connectivity index (χ1n) is 5.89. The summed E-state index contributed by atoms with van der Waals surface area (Å²) in [4.78, 5) is 11.8. The van der Waals surface area contributed by atoms with Crippen molar-refractivity contribution in [2.24, 2.45) is 0 Å². The fraction of sp³-hybridized carbons (Fsp3) is 0.143. The van der Waals surface area contributed by atoms with Gasteiger partial charge in [0.25, 0.3) is 0 Å². The standard InChI is InChI=1S/C14H13N3OS/c1-17(2)14-15-9-10(19-14)7-8-13-16-11-5-3-4-6-12(11)18-13/h3-9H,1-2H3/b8-7+. The van der Waals surface area contributed by atoms with E-state index in [0.29, 0.717) is 5.89 Å². The third-order valence-electron chi connectivity index (χ3n) is 2.59. The molecule has 0 aliphatic carbocycles. The van der Waals surface area contributed by atoms with E-state index in [4.69, 9.17) is 4.42 Å². The van der Waals surface area contributed by atoms with Gasteiger partial charge in [0.15, 0.2) is 10.7 Å². The van der Waals surface area contributed by atoms with Gasteiger partial charge in [0.2, 0.25) is 5.89 Å². The smallest absolute Gasteiger partial charge is 0.220 e. The molecule has 0 aliphatic rings. The van der Waals surface area contributed by atoms with Crippen molar-refractivity contribution in [3.63, 3.8) is 0 Å². The van der Waals surface area contributed by atoms with Crippen LogP contribution in [0, 0.1) is 0 Å². The van der Waals surface area contributed by atoms with Crippen LogP contribution in [0.3, 0.4) is 0 Å². The normalized spacial score (nSPS) is 11.5. The topological polar surface area (TPSA) is 42.2 Å². The molecule has 3 rings (SSSR count). The van der Waals surface area contributed by atoms with Crippen LogP contribution in [0.5, 0.6) is 0 Å². The maximum Gasteiger partial charge on any atom is 0.220 e. The molecule has 0 fully saturated rings. The molecule has 4 nitrogen and oxygen atoms in total. The monoisotopic (exact) mass is 271 g/mol. The van der Waals surface area contributed by atoms with E-state index < -0.39 is 0 Å².